The fraction of sp³-hybridized carbons (Fsp3) is 0.375. The molecule has 33 heavy (non-hydrogen) atoms. The van der Waals surface area contributed by atoms with Crippen LogP contribution in [0.4, 0.5) is 10.8 Å². The number of nitrogens with zero attached hydrogens (tertiary/aromatic N) is 2. The summed E-state index contributed by atoms with van der Waals surface area (Å²) in [6.45, 7) is 6.10. The Bertz CT molecular complexity index is 1200. The maximum Gasteiger partial charge on any atom is 0.238 e. The number of nitrogens with one attached hydrogen (secondary N) is 1. The van der Waals surface area contributed by atoms with Crippen molar-refractivity contribution in [3.05, 3.63) is 53.4 Å². The number of hydrogen-bond donors (Lipinski definition) is 2. The maximum absolute atomic E-state index is 11.8. The molecular weight excluding hydrogens is 456 g/mol. The summed E-state index contributed by atoms with van der Waals surface area (Å²) in [4.78, 5) is 7.10. The molecule has 0 unspecified atom stereocenters. The average Bonchev–Trinajstić information content (AvgIpc) is 3.23. The van der Waals surface area contributed by atoms with E-state index in [0.29, 0.717) is 22.5 Å². The number of benzene rings is 2. The van der Waals surface area contributed by atoms with Crippen molar-refractivity contribution in [2.45, 2.75) is 43.6 Å². The van der Waals surface area contributed by atoms with E-state index in [4.69, 9.17) is 14.9 Å². The second kappa shape index (κ2) is 9.80. The summed E-state index contributed by atoms with van der Waals surface area (Å²) in [5.41, 5.74) is 3.81. The zero-order valence-corrected chi connectivity index (χ0v) is 20.7. The largest absolute Gasteiger partial charge is 0.489 e. The summed E-state index contributed by atoms with van der Waals surface area (Å²) in [5.74, 6) is 1.16. The normalized spacial score (nSPS) is 15.7. The van der Waals surface area contributed by atoms with E-state index in [9.17, 15) is 8.42 Å². The van der Waals surface area contributed by atoms with Crippen molar-refractivity contribution in [1.82, 2.24) is 9.88 Å². The van der Waals surface area contributed by atoms with Gasteiger partial charge in [-0.15, -0.1) is 11.3 Å². The molecular formula is C24H30N4O3S2. The van der Waals surface area contributed by atoms with Crippen molar-refractivity contribution in [3.63, 3.8) is 0 Å². The molecule has 1 fully saturated rings. The molecule has 0 aliphatic carbocycles. The predicted octanol–water partition coefficient (Wildman–Crippen LogP) is 4.80. The van der Waals surface area contributed by atoms with Gasteiger partial charge in [-0.25, -0.2) is 18.5 Å². The van der Waals surface area contributed by atoms with E-state index in [0.717, 1.165) is 24.3 Å². The third-order valence-electron chi connectivity index (χ3n) is 5.78. The van der Waals surface area contributed by atoms with Gasteiger partial charge in [0.25, 0.3) is 0 Å². The summed E-state index contributed by atoms with van der Waals surface area (Å²) in [7, 11) is -1.66. The number of sulfonamides is 1. The second-order valence-electron chi connectivity index (χ2n) is 8.73. The van der Waals surface area contributed by atoms with Gasteiger partial charge < -0.3 is 15.0 Å². The van der Waals surface area contributed by atoms with Gasteiger partial charge in [0.1, 0.15) is 5.75 Å². The first kappa shape index (κ1) is 23.7. The van der Waals surface area contributed by atoms with Crippen LogP contribution in [0.15, 0.2) is 52.7 Å². The molecule has 176 valence electrons. The molecule has 9 heteroatoms. The lowest BCUT2D eigenvalue weighted by molar-refractivity contribution is 0.243. The molecule has 3 aromatic rings. The van der Waals surface area contributed by atoms with Gasteiger partial charge in [0, 0.05) is 10.9 Å². The van der Waals surface area contributed by atoms with Crippen LogP contribution in [0.5, 0.6) is 5.75 Å². The van der Waals surface area contributed by atoms with Crippen LogP contribution in [0.25, 0.3) is 11.3 Å². The molecule has 0 saturated carbocycles. The number of primary sulfonamides is 1. The van der Waals surface area contributed by atoms with Crippen LogP contribution in [-0.4, -0.2) is 44.5 Å². The smallest absolute Gasteiger partial charge is 0.238 e. The average molecular weight is 487 g/mol. The van der Waals surface area contributed by atoms with Gasteiger partial charge in [0.05, 0.1) is 22.4 Å². The Labute approximate surface area is 199 Å². The monoisotopic (exact) mass is 486 g/mol. The van der Waals surface area contributed by atoms with Gasteiger partial charge in [0.15, 0.2) is 5.13 Å². The number of rotatable bonds is 7. The number of nitrogens with two attached hydrogens (primary N) is 1. The molecule has 1 aromatic heterocycles. The van der Waals surface area contributed by atoms with Crippen molar-refractivity contribution >= 4 is 32.2 Å². The Morgan fingerprint density at radius 1 is 1.15 bits per heavy atom. The molecule has 3 N–H and O–H groups in total. The minimum Gasteiger partial charge on any atom is -0.489 e. The quantitative estimate of drug-likeness (QED) is 0.498. The number of thiazole rings is 1. The van der Waals surface area contributed by atoms with E-state index < -0.39 is 10.0 Å². The van der Waals surface area contributed by atoms with Crippen LogP contribution in [0.2, 0.25) is 0 Å². The summed E-state index contributed by atoms with van der Waals surface area (Å²) in [6.07, 6.45) is 2.32. The van der Waals surface area contributed by atoms with E-state index in [1.165, 1.54) is 41.9 Å². The molecule has 1 saturated heterocycles. The topological polar surface area (TPSA) is 97.5 Å². The minimum atomic E-state index is -3.83. The highest BCUT2D eigenvalue weighted by Gasteiger charge is 2.19. The first-order chi connectivity index (χ1) is 15.7. The second-order valence-corrected chi connectivity index (χ2v) is 11.2. The van der Waals surface area contributed by atoms with E-state index >= 15 is 0 Å². The summed E-state index contributed by atoms with van der Waals surface area (Å²) < 4.78 is 29.5. The first-order valence-corrected chi connectivity index (χ1v) is 13.5. The first-order valence-electron chi connectivity index (χ1n) is 11.0. The van der Waals surface area contributed by atoms with Crippen LogP contribution >= 0.6 is 11.3 Å². The van der Waals surface area contributed by atoms with E-state index in [1.54, 1.807) is 6.07 Å². The molecule has 7 nitrogen and oxygen atoms in total. The van der Waals surface area contributed by atoms with Crippen molar-refractivity contribution in [2.24, 2.45) is 5.14 Å². The van der Waals surface area contributed by atoms with Gasteiger partial charge in [-0.05, 0) is 76.5 Å². The lowest BCUT2D eigenvalue weighted by atomic mass is 9.89. The molecule has 1 aliphatic rings. The Kier molecular flexibility index (Phi) is 7.04. The number of ether oxygens (including phenoxy) is 1. The molecule has 4 rings (SSSR count). The fourth-order valence-electron chi connectivity index (χ4n) is 3.99. The SMILES string of the molecule is CC(C)Oc1ccc(S(N)(=O)=O)cc1Nc1nc(-c2ccc(C3CCN(C)CC3)cc2)cs1. The highest BCUT2D eigenvalue weighted by Crippen LogP contribution is 2.34. The number of aromatic nitrogens is 1. The Morgan fingerprint density at radius 2 is 1.85 bits per heavy atom. The van der Waals surface area contributed by atoms with Gasteiger partial charge in [0.2, 0.25) is 10.0 Å². The zero-order chi connectivity index (χ0) is 23.6. The highest BCUT2D eigenvalue weighted by atomic mass is 32.2. The fourth-order valence-corrected chi connectivity index (χ4v) is 5.26. The molecule has 0 bridgehead atoms. The van der Waals surface area contributed by atoms with Crippen molar-refractivity contribution in [3.8, 4) is 17.0 Å². The molecule has 2 heterocycles. The number of likely N-dealkylation sites (tertiary alicyclic amines) is 1. The van der Waals surface area contributed by atoms with Crippen LogP contribution in [0.1, 0.15) is 38.2 Å². The van der Waals surface area contributed by atoms with Gasteiger partial charge >= 0.3 is 0 Å². The summed E-state index contributed by atoms with van der Waals surface area (Å²) >= 11 is 1.45. The summed E-state index contributed by atoms with van der Waals surface area (Å²) in [6, 6.07) is 13.2. The summed E-state index contributed by atoms with van der Waals surface area (Å²) in [5, 5.41) is 11.1. The molecule has 2 aromatic carbocycles. The van der Waals surface area contributed by atoms with Crippen molar-refractivity contribution in [2.75, 3.05) is 25.5 Å². The minimum absolute atomic E-state index is 0.0161. The molecule has 0 radical (unpaired) electrons. The lowest BCUT2D eigenvalue weighted by Gasteiger charge is -2.29. The predicted molar refractivity (Wildman–Crippen MR) is 134 cm³/mol. The maximum atomic E-state index is 11.8. The van der Waals surface area contributed by atoms with Crippen LogP contribution in [0, 0.1) is 0 Å². The van der Waals surface area contributed by atoms with Crippen LogP contribution in [0.3, 0.4) is 0 Å². The van der Waals surface area contributed by atoms with Gasteiger partial charge in [-0.1, -0.05) is 24.3 Å². The Morgan fingerprint density at radius 3 is 2.48 bits per heavy atom. The number of anilines is 2. The van der Waals surface area contributed by atoms with Crippen molar-refractivity contribution < 1.29 is 13.2 Å². The number of hydrogen-bond acceptors (Lipinski definition) is 7. The zero-order valence-electron chi connectivity index (χ0n) is 19.1. The van der Waals surface area contributed by atoms with Crippen LogP contribution in [-0.2, 0) is 10.0 Å². The standard InChI is InChI=1S/C24H30N4O3S2/c1-16(2)31-23-9-8-20(33(25,29)30)14-21(23)26-24-27-22(15-32-24)19-6-4-17(5-7-19)18-10-12-28(3)13-11-18/h4-9,14-16,18H,10-13H2,1-3H3,(H,26,27)(H2,25,29,30). The molecule has 0 amide bonds. The van der Waals surface area contributed by atoms with Crippen LogP contribution < -0.4 is 15.2 Å². The van der Waals surface area contributed by atoms with Gasteiger partial charge in [-0.3, -0.25) is 0 Å². The lowest BCUT2D eigenvalue weighted by Crippen LogP contribution is -2.29. The number of piperidine rings is 1. The Balaban J connectivity index is 1.53. The van der Waals surface area contributed by atoms with Gasteiger partial charge in [-0.2, -0.15) is 0 Å². The highest BCUT2D eigenvalue weighted by molar-refractivity contribution is 7.89. The van der Waals surface area contributed by atoms with E-state index in [1.807, 2.05) is 19.2 Å². The third-order valence-corrected chi connectivity index (χ3v) is 7.45. The molecule has 1 aliphatic heterocycles. The van der Waals surface area contributed by atoms with E-state index in [2.05, 4.69) is 41.5 Å². The molecule has 0 spiro atoms. The third kappa shape index (κ3) is 5.92. The van der Waals surface area contributed by atoms with E-state index in [-0.39, 0.29) is 11.0 Å². The Hall–Kier alpha value is -2.46. The van der Waals surface area contributed by atoms with Crippen molar-refractivity contribution in [1.29, 1.82) is 0 Å². The molecule has 0 atom stereocenters.